The van der Waals surface area contributed by atoms with Gasteiger partial charge in [0, 0.05) is 28.8 Å². The lowest BCUT2D eigenvalue weighted by Crippen LogP contribution is -2.78. The topological polar surface area (TPSA) is 192 Å². The van der Waals surface area contributed by atoms with Crippen molar-refractivity contribution in [3.8, 4) is 17.1 Å². The maximum Gasteiger partial charge on any atom is 0.230 e. The van der Waals surface area contributed by atoms with Crippen molar-refractivity contribution in [2.24, 2.45) is 29.4 Å². The van der Waals surface area contributed by atoms with Crippen LogP contribution < -0.4 is 5.73 Å². The van der Waals surface area contributed by atoms with E-state index < -0.39 is 76.5 Å². The number of carbonyl (C=O) groups excluding carboxylic acids is 4. The second-order valence-electron chi connectivity index (χ2n) is 11.2. The predicted octanol–water partition coefficient (Wildman–Crippen LogP) is 0.0428. The summed E-state index contributed by atoms with van der Waals surface area (Å²) in [6, 6.07) is 10.7. The first-order valence-electron chi connectivity index (χ1n) is 12.9. The number of hydrogen-bond donors (Lipinski definition) is 5. The number of Topliss-reactive ketones (excluding diaryl/α,β-unsaturated/α-hetero) is 3. The molecule has 3 aliphatic carbocycles. The van der Waals surface area contributed by atoms with Gasteiger partial charge >= 0.3 is 0 Å². The van der Waals surface area contributed by atoms with Gasteiger partial charge in [0.25, 0.3) is 0 Å². The SMILES string of the molecule is CN(C)[C@H]1C(O)C(C(N)=O)C(=O)[C@]2(O)C(=O)C3C(=O)c4c(O)ccc(-c5cc6ccccc6o5)c4C[C@@H]3[C@@H](O)[C@H]12. The molecule has 0 saturated heterocycles. The first-order valence-corrected chi connectivity index (χ1v) is 12.9. The number of rotatable bonds is 3. The number of hydrogen-bond acceptors (Lipinski definition) is 10. The second-order valence-corrected chi connectivity index (χ2v) is 11.2. The molecule has 11 heteroatoms. The molecule has 6 N–H and O–H groups in total. The van der Waals surface area contributed by atoms with Gasteiger partial charge < -0.3 is 35.5 Å². The Bertz CT molecular complexity index is 1580. The van der Waals surface area contributed by atoms with Gasteiger partial charge in [-0.3, -0.25) is 19.2 Å². The minimum Gasteiger partial charge on any atom is -0.507 e. The number of benzene rings is 2. The van der Waals surface area contributed by atoms with Gasteiger partial charge in [-0.25, -0.2) is 0 Å². The molecule has 1 amide bonds. The van der Waals surface area contributed by atoms with Crippen LogP contribution in [0.2, 0.25) is 0 Å². The number of aliphatic hydroxyl groups excluding tert-OH is 2. The molecule has 208 valence electrons. The fourth-order valence-electron chi connectivity index (χ4n) is 7.18. The lowest BCUT2D eigenvalue weighted by atomic mass is 9.50. The molecular weight excluding hydrogens is 520 g/mol. The average molecular weight is 549 g/mol. The average Bonchev–Trinajstić information content (AvgIpc) is 3.32. The Morgan fingerprint density at radius 3 is 2.40 bits per heavy atom. The molecule has 3 aliphatic rings. The highest BCUT2D eigenvalue weighted by atomic mass is 16.3. The summed E-state index contributed by atoms with van der Waals surface area (Å²) in [7, 11) is 3.01. The van der Waals surface area contributed by atoms with Crippen molar-refractivity contribution in [1.29, 1.82) is 0 Å². The predicted molar refractivity (Wildman–Crippen MR) is 139 cm³/mol. The molecule has 0 radical (unpaired) electrons. The van der Waals surface area contributed by atoms with Crippen LogP contribution in [0.15, 0.2) is 46.9 Å². The van der Waals surface area contributed by atoms with Crippen molar-refractivity contribution >= 4 is 34.2 Å². The van der Waals surface area contributed by atoms with Gasteiger partial charge in [-0.15, -0.1) is 0 Å². The van der Waals surface area contributed by atoms with E-state index in [0.29, 0.717) is 22.5 Å². The Morgan fingerprint density at radius 1 is 1.05 bits per heavy atom. The fourth-order valence-corrected chi connectivity index (χ4v) is 7.18. The lowest BCUT2D eigenvalue weighted by molar-refractivity contribution is -0.207. The van der Waals surface area contributed by atoms with E-state index in [1.165, 1.54) is 25.1 Å². The van der Waals surface area contributed by atoms with E-state index in [1.807, 2.05) is 18.2 Å². The molecule has 2 fully saturated rings. The first kappa shape index (κ1) is 26.3. The van der Waals surface area contributed by atoms with E-state index in [0.717, 1.165) is 5.39 Å². The number of likely N-dealkylation sites (N-methyl/N-ethyl adjacent to an activating group) is 1. The number of furan rings is 1. The Hall–Kier alpha value is -3.90. The van der Waals surface area contributed by atoms with Gasteiger partial charge in [-0.05, 0) is 50.3 Å². The second kappa shape index (κ2) is 8.80. The molecule has 1 aromatic heterocycles. The number of phenolic OH excluding ortho intramolecular Hbond substituents is 1. The number of para-hydroxylation sites is 1. The third-order valence-corrected chi connectivity index (χ3v) is 8.95. The molecule has 1 heterocycles. The number of phenols is 1. The van der Waals surface area contributed by atoms with E-state index in [1.54, 1.807) is 18.2 Å². The standard InChI is InChI=1S/C29H28N2O9/c1-31(2)22-21-23(33)14-10-13-12(17-9-11-5-3-4-6-16(11)40-17)7-8-15(32)18(13)24(34)19(14)26(36)29(21,39)27(37)20(25(22)35)28(30)38/h3-9,14,19-23,25,32-33,35,39H,10H2,1-2H3,(H2,30,38)/t14-,19?,20?,21-,22+,23+,25?,29+/m0/s1. The number of primary amides is 1. The van der Waals surface area contributed by atoms with E-state index >= 15 is 0 Å². The minimum absolute atomic E-state index is 0.0737. The Morgan fingerprint density at radius 2 is 1.75 bits per heavy atom. The largest absolute Gasteiger partial charge is 0.507 e. The minimum atomic E-state index is -2.96. The summed E-state index contributed by atoms with van der Waals surface area (Å²) in [4.78, 5) is 54.9. The van der Waals surface area contributed by atoms with Gasteiger partial charge in [0.2, 0.25) is 5.91 Å². The van der Waals surface area contributed by atoms with Crippen LogP contribution in [0.4, 0.5) is 0 Å². The van der Waals surface area contributed by atoms with Gasteiger partial charge in [0.1, 0.15) is 23.0 Å². The lowest BCUT2D eigenvalue weighted by Gasteiger charge is -2.56. The number of amides is 1. The number of ketones is 3. The quantitative estimate of drug-likeness (QED) is 0.279. The summed E-state index contributed by atoms with van der Waals surface area (Å²) in [6.45, 7) is 0. The van der Waals surface area contributed by atoms with Crippen LogP contribution in [-0.2, 0) is 20.8 Å². The Labute approximate surface area is 227 Å². The van der Waals surface area contributed by atoms with E-state index in [9.17, 15) is 39.6 Å². The van der Waals surface area contributed by atoms with Crippen molar-refractivity contribution in [1.82, 2.24) is 4.90 Å². The summed E-state index contributed by atoms with van der Waals surface area (Å²) in [5.74, 6) is -10.9. The molecule has 0 bridgehead atoms. The van der Waals surface area contributed by atoms with Crippen molar-refractivity contribution in [2.45, 2.75) is 30.3 Å². The van der Waals surface area contributed by atoms with Gasteiger partial charge in [0.05, 0.1) is 23.7 Å². The molecular formula is C29H28N2O9. The number of aliphatic hydroxyl groups is 3. The van der Waals surface area contributed by atoms with Crippen LogP contribution in [0, 0.1) is 23.7 Å². The van der Waals surface area contributed by atoms with Crippen molar-refractivity contribution in [3.05, 3.63) is 53.6 Å². The van der Waals surface area contributed by atoms with Crippen molar-refractivity contribution < 1.29 is 44.0 Å². The summed E-state index contributed by atoms with van der Waals surface area (Å²) in [6.07, 6.45) is -3.42. The molecule has 40 heavy (non-hydrogen) atoms. The summed E-state index contributed by atoms with van der Waals surface area (Å²) >= 11 is 0. The zero-order valence-corrected chi connectivity index (χ0v) is 21.6. The third kappa shape index (κ3) is 3.32. The number of carbonyl (C=O) groups is 4. The molecule has 2 aromatic carbocycles. The van der Waals surface area contributed by atoms with Gasteiger partial charge in [-0.2, -0.15) is 0 Å². The number of aromatic hydroxyl groups is 1. The van der Waals surface area contributed by atoms with E-state index in [4.69, 9.17) is 10.2 Å². The fraction of sp³-hybridized carbons (Fsp3) is 0.379. The summed E-state index contributed by atoms with van der Waals surface area (Å²) < 4.78 is 6.00. The molecule has 0 spiro atoms. The number of fused-ring (bicyclic) bond motifs is 4. The molecule has 11 nitrogen and oxygen atoms in total. The number of nitrogens with two attached hydrogens (primary N) is 1. The smallest absolute Gasteiger partial charge is 0.230 e. The van der Waals surface area contributed by atoms with Crippen LogP contribution in [0.25, 0.3) is 22.3 Å². The highest BCUT2D eigenvalue weighted by Gasteiger charge is 2.72. The summed E-state index contributed by atoms with van der Waals surface area (Å²) in [5, 5.41) is 45.9. The zero-order valence-electron chi connectivity index (χ0n) is 21.6. The maximum atomic E-state index is 14.0. The zero-order chi connectivity index (χ0) is 28.8. The first-order chi connectivity index (χ1) is 18.9. The Balaban J connectivity index is 1.52. The van der Waals surface area contributed by atoms with Crippen LogP contribution in [0.3, 0.4) is 0 Å². The molecule has 8 atom stereocenters. The van der Waals surface area contributed by atoms with Gasteiger partial charge in [0.15, 0.2) is 23.0 Å². The van der Waals surface area contributed by atoms with E-state index in [2.05, 4.69) is 0 Å². The summed E-state index contributed by atoms with van der Waals surface area (Å²) in [5.41, 5.74) is 3.68. The highest BCUT2D eigenvalue weighted by molar-refractivity contribution is 6.26. The maximum absolute atomic E-state index is 14.0. The van der Waals surface area contributed by atoms with Crippen LogP contribution in [-0.4, -0.2) is 86.5 Å². The molecule has 2 saturated carbocycles. The number of nitrogens with zero attached hydrogens (tertiary/aromatic N) is 1. The van der Waals surface area contributed by atoms with E-state index in [-0.39, 0.29) is 12.0 Å². The molecule has 3 aromatic rings. The van der Waals surface area contributed by atoms with Gasteiger partial charge in [-0.1, -0.05) is 18.2 Å². The third-order valence-electron chi connectivity index (χ3n) is 8.95. The van der Waals surface area contributed by atoms with Crippen LogP contribution in [0.5, 0.6) is 5.75 Å². The van der Waals surface area contributed by atoms with Crippen molar-refractivity contribution in [2.75, 3.05) is 14.1 Å². The highest BCUT2D eigenvalue weighted by Crippen LogP contribution is 2.52. The van der Waals surface area contributed by atoms with Crippen molar-refractivity contribution in [3.63, 3.8) is 0 Å². The van der Waals surface area contributed by atoms with Crippen LogP contribution in [0.1, 0.15) is 15.9 Å². The monoisotopic (exact) mass is 548 g/mol. The molecule has 6 rings (SSSR count). The molecule has 3 unspecified atom stereocenters. The normalized spacial score (nSPS) is 33.5. The Kier molecular flexibility index (Phi) is 5.79. The van der Waals surface area contributed by atoms with Crippen LogP contribution >= 0.6 is 0 Å². The molecule has 0 aliphatic heterocycles.